The van der Waals surface area contributed by atoms with Crippen LogP contribution >= 0.6 is 0 Å². The molecule has 7 heteroatoms. The van der Waals surface area contributed by atoms with Crippen LogP contribution in [0.5, 0.6) is 0 Å². The van der Waals surface area contributed by atoms with Crippen molar-refractivity contribution >= 4 is 11.6 Å². The summed E-state index contributed by atoms with van der Waals surface area (Å²) in [5, 5.41) is 5.34. The van der Waals surface area contributed by atoms with Crippen LogP contribution in [0.1, 0.15) is 10.5 Å². The summed E-state index contributed by atoms with van der Waals surface area (Å²) < 4.78 is 43.1. The Morgan fingerprint density at radius 3 is 2.59 bits per heavy atom. The van der Waals surface area contributed by atoms with E-state index >= 15 is 0 Å². The molecule has 0 saturated carbocycles. The molecule has 17 heavy (non-hydrogen) atoms. The minimum absolute atomic E-state index is 0.103. The Bertz CT molecular complexity index is 555. The molecular formula is C10H5F3N2O2. The number of nitrogens with zero attached hydrogens (tertiary/aromatic N) is 1. The van der Waals surface area contributed by atoms with Crippen molar-refractivity contribution in [2.75, 3.05) is 5.32 Å². The molecule has 0 spiro atoms. The minimum atomic E-state index is -1.65. The van der Waals surface area contributed by atoms with Crippen molar-refractivity contribution in [3.05, 3.63) is 47.6 Å². The van der Waals surface area contributed by atoms with E-state index in [0.717, 1.165) is 12.3 Å². The third-order valence-electron chi connectivity index (χ3n) is 1.95. The second-order valence-corrected chi connectivity index (χ2v) is 3.06. The highest BCUT2D eigenvalue weighted by Gasteiger charge is 2.16. The van der Waals surface area contributed by atoms with Crippen LogP contribution < -0.4 is 5.32 Å². The van der Waals surface area contributed by atoms with Crippen LogP contribution in [0.3, 0.4) is 0 Å². The second kappa shape index (κ2) is 4.28. The molecule has 0 saturated heterocycles. The van der Waals surface area contributed by atoms with Crippen LogP contribution in [0, 0.1) is 17.5 Å². The summed E-state index contributed by atoms with van der Waals surface area (Å²) in [6.45, 7) is 0. The van der Waals surface area contributed by atoms with E-state index in [2.05, 4.69) is 9.68 Å². The van der Waals surface area contributed by atoms with E-state index < -0.39 is 29.0 Å². The number of hydrogen-bond acceptors (Lipinski definition) is 3. The summed E-state index contributed by atoms with van der Waals surface area (Å²) in [5.74, 6) is -5.24. The fourth-order valence-electron chi connectivity index (χ4n) is 1.14. The number of benzene rings is 1. The first kappa shape index (κ1) is 11.2. The molecule has 0 fully saturated rings. The molecule has 0 aliphatic carbocycles. The Morgan fingerprint density at radius 2 is 1.94 bits per heavy atom. The number of rotatable bonds is 2. The van der Waals surface area contributed by atoms with Gasteiger partial charge in [0.25, 0.3) is 5.91 Å². The molecule has 0 aliphatic heterocycles. The van der Waals surface area contributed by atoms with E-state index in [0.29, 0.717) is 6.07 Å². The molecule has 2 aromatic rings. The summed E-state index contributed by atoms with van der Waals surface area (Å²) in [6, 6.07) is 2.86. The quantitative estimate of drug-likeness (QED) is 0.822. The fraction of sp³-hybridized carbons (Fsp3) is 0. The highest BCUT2D eigenvalue weighted by atomic mass is 19.2. The summed E-state index contributed by atoms with van der Waals surface area (Å²) in [4.78, 5) is 11.4. The summed E-state index contributed by atoms with van der Waals surface area (Å²) in [7, 11) is 0. The SMILES string of the molecule is O=C(Nc1ccc(F)c(F)c1F)c1ccon1. The van der Waals surface area contributed by atoms with Crippen molar-refractivity contribution in [2.24, 2.45) is 0 Å². The molecule has 0 atom stereocenters. The molecule has 0 radical (unpaired) electrons. The Morgan fingerprint density at radius 1 is 1.18 bits per heavy atom. The van der Waals surface area contributed by atoms with Gasteiger partial charge in [-0.3, -0.25) is 4.79 Å². The van der Waals surface area contributed by atoms with E-state index in [4.69, 9.17) is 0 Å². The maximum absolute atomic E-state index is 13.2. The van der Waals surface area contributed by atoms with Gasteiger partial charge in [-0.05, 0) is 12.1 Å². The Hall–Kier alpha value is -2.31. The van der Waals surface area contributed by atoms with E-state index in [1.165, 1.54) is 6.07 Å². The highest BCUT2D eigenvalue weighted by Crippen LogP contribution is 2.20. The summed E-state index contributed by atoms with van der Waals surface area (Å²) in [5.41, 5.74) is -0.578. The average molecular weight is 242 g/mol. The second-order valence-electron chi connectivity index (χ2n) is 3.06. The lowest BCUT2D eigenvalue weighted by molar-refractivity contribution is 0.101. The van der Waals surface area contributed by atoms with E-state index in [1.807, 2.05) is 5.32 Å². The van der Waals surface area contributed by atoms with Gasteiger partial charge in [0.1, 0.15) is 6.26 Å². The number of carbonyl (C=O) groups excluding carboxylic acids is 1. The zero-order valence-electron chi connectivity index (χ0n) is 8.21. The van der Waals surface area contributed by atoms with Gasteiger partial charge >= 0.3 is 0 Å². The molecule has 1 amide bonds. The third kappa shape index (κ3) is 2.12. The predicted octanol–water partition coefficient (Wildman–Crippen LogP) is 2.34. The molecule has 88 valence electrons. The molecule has 4 nitrogen and oxygen atoms in total. The van der Waals surface area contributed by atoms with Gasteiger partial charge in [0.15, 0.2) is 23.1 Å². The van der Waals surface area contributed by atoms with Gasteiger partial charge in [-0.15, -0.1) is 0 Å². The lowest BCUT2D eigenvalue weighted by Gasteiger charge is -2.05. The van der Waals surface area contributed by atoms with Crippen LogP contribution in [0.2, 0.25) is 0 Å². The highest BCUT2D eigenvalue weighted by molar-refractivity contribution is 6.02. The van der Waals surface area contributed by atoms with Crippen LogP contribution in [0.4, 0.5) is 18.9 Å². The van der Waals surface area contributed by atoms with E-state index in [-0.39, 0.29) is 5.69 Å². The fourth-order valence-corrected chi connectivity index (χ4v) is 1.14. The molecule has 1 N–H and O–H groups in total. The molecule has 2 rings (SSSR count). The standard InChI is InChI=1S/C10H5F3N2O2/c11-5-1-2-6(9(13)8(5)12)14-10(16)7-3-4-17-15-7/h1-4H,(H,14,16). The summed E-state index contributed by atoms with van der Waals surface area (Å²) in [6.07, 6.45) is 1.15. The van der Waals surface area contributed by atoms with Gasteiger partial charge in [0, 0.05) is 6.07 Å². The molecule has 0 aliphatic rings. The monoisotopic (exact) mass is 242 g/mol. The zero-order valence-corrected chi connectivity index (χ0v) is 8.21. The zero-order chi connectivity index (χ0) is 12.4. The van der Waals surface area contributed by atoms with Crippen LogP contribution in [-0.4, -0.2) is 11.1 Å². The van der Waals surface area contributed by atoms with Crippen LogP contribution in [-0.2, 0) is 0 Å². The average Bonchev–Trinajstić information content (AvgIpc) is 2.83. The molecular weight excluding hydrogens is 237 g/mol. The van der Waals surface area contributed by atoms with Crippen molar-refractivity contribution < 1.29 is 22.5 Å². The van der Waals surface area contributed by atoms with Gasteiger partial charge in [0.05, 0.1) is 5.69 Å². The number of hydrogen-bond donors (Lipinski definition) is 1. The topological polar surface area (TPSA) is 55.1 Å². The number of halogens is 3. The molecule has 1 heterocycles. The van der Waals surface area contributed by atoms with Crippen molar-refractivity contribution in [3.8, 4) is 0 Å². The van der Waals surface area contributed by atoms with Gasteiger partial charge in [0.2, 0.25) is 0 Å². The predicted molar refractivity (Wildman–Crippen MR) is 50.8 cm³/mol. The van der Waals surface area contributed by atoms with Crippen molar-refractivity contribution in [1.82, 2.24) is 5.16 Å². The van der Waals surface area contributed by atoms with E-state index in [1.54, 1.807) is 0 Å². The normalized spacial score (nSPS) is 10.3. The maximum atomic E-state index is 13.2. The maximum Gasteiger partial charge on any atom is 0.277 e. The Kier molecular flexibility index (Phi) is 2.82. The molecule has 1 aromatic carbocycles. The first-order valence-electron chi connectivity index (χ1n) is 4.45. The van der Waals surface area contributed by atoms with Crippen LogP contribution in [0.25, 0.3) is 0 Å². The van der Waals surface area contributed by atoms with Crippen molar-refractivity contribution in [1.29, 1.82) is 0 Å². The third-order valence-corrected chi connectivity index (χ3v) is 1.95. The van der Waals surface area contributed by atoms with Crippen molar-refractivity contribution in [3.63, 3.8) is 0 Å². The van der Waals surface area contributed by atoms with Gasteiger partial charge in [-0.25, -0.2) is 13.2 Å². The number of nitrogens with one attached hydrogen (secondary N) is 1. The number of amides is 1. The van der Waals surface area contributed by atoms with Gasteiger partial charge < -0.3 is 9.84 Å². The molecule has 0 bridgehead atoms. The first-order chi connectivity index (χ1) is 8.09. The van der Waals surface area contributed by atoms with E-state index in [9.17, 15) is 18.0 Å². The number of aromatic nitrogens is 1. The van der Waals surface area contributed by atoms with Gasteiger partial charge in [-0.1, -0.05) is 5.16 Å². The smallest absolute Gasteiger partial charge is 0.277 e. The number of anilines is 1. The lowest BCUT2D eigenvalue weighted by atomic mass is 10.2. The minimum Gasteiger partial charge on any atom is -0.364 e. The Labute approximate surface area is 93.0 Å². The first-order valence-corrected chi connectivity index (χ1v) is 4.45. The summed E-state index contributed by atoms with van der Waals surface area (Å²) >= 11 is 0. The number of carbonyl (C=O) groups is 1. The largest absolute Gasteiger partial charge is 0.364 e. The van der Waals surface area contributed by atoms with Gasteiger partial charge in [-0.2, -0.15) is 0 Å². The molecule has 1 aromatic heterocycles. The molecule has 0 unspecified atom stereocenters. The Balaban J connectivity index is 2.25. The van der Waals surface area contributed by atoms with Crippen LogP contribution in [0.15, 0.2) is 29.0 Å². The van der Waals surface area contributed by atoms with Crippen molar-refractivity contribution in [2.45, 2.75) is 0 Å². The lowest BCUT2D eigenvalue weighted by Crippen LogP contribution is -2.14.